The van der Waals surface area contributed by atoms with Gasteiger partial charge in [0.2, 0.25) is 0 Å². The van der Waals surface area contributed by atoms with Crippen molar-refractivity contribution < 1.29 is 9.90 Å². The Morgan fingerprint density at radius 1 is 1.15 bits per heavy atom. The number of nitrogens with zero attached hydrogens (tertiary/aromatic N) is 1. The zero-order chi connectivity index (χ0) is 18.0. The lowest BCUT2D eigenvalue weighted by molar-refractivity contribution is 0.0940. The van der Waals surface area contributed by atoms with Gasteiger partial charge < -0.3 is 10.4 Å². The smallest absolute Gasteiger partial charge is 0.169 e. The van der Waals surface area contributed by atoms with Gasteiger partial charge in [-0.1, -0.05) is 50.2 Å². The van der Waals surface area contributed by atoms with Gasteiger partial charge in [0.15, 0.2) is 5.78 Å². The molecule has 0 radical (unpaired) electrons. The Hall–Kier alpha value is -2.43. The minimum Gasteiger partial charge on any atom is -0.392 e. The Morgan fingerprint density at radius 3 is 2.54 bits per heavy atom. The lowest BCUT2D eigenvalue weighted by Crippen LogP contribution is -2.12. The van der Waals surface area contributed by atoms with Gasteiger partial charge >= 0.3 is 0 Å². The number of Topliss-reactive ketones (excluding diaryl/α,β-unsaturated/α-hetero) is 1. The molecule has 0 unspecified atom stereocenters. The Kier molecular flexibility index (Phi) is 6.35. The number of benzene rings is 2. The van der Waals surface area contributed by atoms with Crippen molar-refractivity contribution in [2.75, 3.05) is 5.32 Å². The molecule has 4 nitrogen and oxygen atoms in total. The largest absolute Gasteiger partial charge is 0.392 e. The maximum absolute atomic E-state index is 12.7. The van der Waals surface area contributed by atoms with Crippen LogP contribution >= 0.6 is 12.4 Å². The molecule has 0 bridgehead atoms. The van der Waals surface area contributed by atoms with Crippen LogP contribution in [0.1, 0.15) is 35.3 Å². The number of rotatable bonds is 5. The zero-order valence-electron chi connectivity index (χ0n) is 15.1. The van der Waals surface area contributed by atoms with Crippen LogP contribution in [0, 0.1) is 12.8 Å². The van der Waals surface area contributed by atoms with Crippen LogP contribution in [0.3, 0.4) is 0 Å². The van der Waals surface area contributed by atoms with E-state index < -0.39 is 0 Å². The number of anilines is 2. The molecule has 136 valence electrons. The van der Waals surface area contributed by atoms with Gasteiger partial charge in [0, 0.05) is 28.8 Å². The fraction of sp³-hybridized carbons (Fsp3) is 0.238. The van der Waals surface area contributed by atoms with E-state index in [0.29, 0.717) is 11.1 Å². The predicted molar refractivity (Wildman–Crippen MR) is 109 cm³/mol. The van der Waals surface area contributed by atoms with Crippen LogP contribution in [0.2, 0.25) is 0 Å². The summed E-state index contributed by atoms with van der Waals surface area (Å²) in [5.74, 6) is -0.0856. The highest BCUT2D eigenvalue weighted by atomic mass is 35.5. The van der Waals surface area contributed by atoms with Crippen LogP contribution in [-0.2, 0) is 6.61 Å². The van der Waals surface area contributed by atoms with Gasteiger partial charge in [-0.25, -0.2) is 0 Å². The van der Waals surface area contributed by atoms with Crippen molar-refractivity contribution in [2.24, 2.45) is 5.92 Å². The number of aliphatic hydroxyl groups excluding tert-OH is 1. The lowest BCUT2D eigenvalue weighted by atomic mass is 9.97. The summed E-state index contributed by atoms with van der Waals surface area (Å²) in [5, 5.41) is 13.9. The van der Waals surface area contributed by atoms with Crippen molar-refractivity contribution in [1.29, 1.82) is 0 Å². The molecule has 0 aliphatic carbocycles. The molecule has 0 saturated carbocycles. The normalized spacial score (nSPS) is 10.7. The summed E-state index contributed by atoms with van der Waals surface area (Å²) < 4.78 is 0. The molecule has 0 amide bonds. The summed E-state index contributed by atoms with van der Waals surface area (Å²) in [6.45, 7) is 5.70. The summed E-state index contributed by atoms with van der Waals surface area (Å²) in [6, 6.07) is 13.6. The number of hydrogen-bond donors (Lipinski definition) is 2. The van der Waals surface area contributed by atoms with Crippen molar-refractivity contribution in [3.63, 3.8) is 0 Å². The SMILES string of the molecule is Cc1ccccc1Nc1c(C(=O)C(C)C)cnc2c(CO)cccc12.Cl. The first-order chi connectivity index (χ1) is 12.0. The van der Waals surface area contributed by atoms with Gasteiger partial charge in [0.25, 0.3) is 0 Å². The number of nitrogens with one attached hydrogen (secondary N) is 1. The molecule has 0 saturated heterocycles. The summed E-state index contributed by atoms with van der Waals surface area (Å²) >= 11 is 0. The van der Waals surface area contributed by atoms with Crippen LogP contribution in [0.25, 0.3) is 10.9 Å². The van der Waals surface area contributed by atoms with Crippen molar-refractivity contribution in [1.82, 2.24) is 4.98 Å². The molecule has 26 heavy (non-hydrogen) atoms. The molecule has 0 atom stereocenters. The van der Waals surface area contributed by atoms with E-state index in [4.69, 9.17) is 0 Å². The molecular formula is C21H23ClN2O2. The molecule has 0 spiro atoms. The number of aromatic nitrogens is 1. The van der Waals surface area contributed by atoms with Gasteiger partial charge in [0.05, 0.1) is 23.4 Å². The monoisotopic (exact) mass is 370 g/mol. The Bertz CT molecular complexity index is 938. The first-order valence-corrected chi connectivity index (χ1v) is 8.41. The molecule has 0 aliphatic rings. The molecular weight excluding hydrogens is 348 g/mol. The maximum Gasteiger partial charge on any atom is 0.169 e. The molecule has 3 aromatic rings. The second kappa shape index (κ2) is 8.30. The summed E-state index contributed by atoms with van der Waals surface area (Å²) in [4.78, 5) is 17.2. The predicted octanol–water partition coefficient (Wildman–Crippen LogP) is 5.04. The highest BCUT2D eigenvalue weighted by Gasteiger charge is 2.19. The van der Waals surface area contributed by atoms with Gasteiger partial charge in [-0.3, -0.25) is 9.78 Å². The number of aliphatic hydroxyl groups is 1. The Morgan fingerprint density at radius 2 is 1.88 bits per heavy atom. The first-order valence-electron chi connectivity index (χ1n) is 8.41. The number of carbonyl (C=O) groups is 1. The number of fused-ring (bicyclic) bond motifs is 1. The molecule has 0 aliphatic heterocycles. The molecule has 2 N–H and O–H groups in total. The summed E-state index contributed by atoms with van der Waals surface area (Å²) in [5.41, 5.74) is 4.81. The van der Waals surface area contributed by atoms with Crippen molar-refractivity contribution in [3.8, 4) is 0 Å². The van der Waals surface area contributed by atoms with Crippen molar-refractivity contribution in [2.45, 2.75) is 27.4 Å². The number of halogens is 1. The second-order valence-corrected chi connectivity index (χ2v) is 6.48. The van der Waals surface area contributed by atoms with E-state index in [9.17, 15) is 9.90 Å². The highest BCUT2D eigenvalue weighted by Crippen LogP contribution is 2.33. The lowest BCUT2D eigenvalue weighted by Gasteiger charge is -2.17. The van der Waals surface area contributed by atoms with E-state index in [1.807, 2.05) is 63.2 Å². The quantitative estimate of drug-likeness (QED) is 0.617. The van der Waals surface area contributed by atoms with E-state index in [1.165, 1.54) is 0 Å². The Labute approximate surface area is 159 Å². The maximum atomic E-state index is 12.7. The fourth-order valence-electron chi connectivity index (χ4n) is 2.89. The van der Waals surface area contributed by atoms with Crippen molar-refractivity contribution >= 4 is 40.5 Å². The van der Waals surface area contributed by atoms with Crippen molar-refractivity contribution in [3.05, 3.63) is 65.4 Å². The number of carbonyl (C=O) groups excluding carboxylic acids is 1. The first kappa shape index (κ1) is 19.9. The zero-order valence-corrected chi connectivity index (χ0v) is 15.9. The van der Waals surface area contributed by atoms with Gasteiger partial charge in [-0.15, -0.1) is 12.4 Å². The number of para-hydroxylation sites is 2. The van der Waals surface area contributed by atoms with E-state index in [0.717, 1.165) is 27.9 Å². The topological polar surface area (TPSA) is 62.2 Å². The molecule has 1 aromatic heterocycles. The third-order valence-electron chi connectivity index (χ3n) is 4.35. The highest BCUT2D eigenvalue weighted by molar-refractivity contribution is 6.10. The fourth-order valence-corrected chi connectivity index (χ4v) is 2.89. The molecule has 0 fully saturated rings. The third kappa shape index (κ3) is 3.71. The number of pyridine rings is 1. The number of hydrogen-bond acceptors (Lipinski definition) is 4. The van der Waals surface area contributed by atoms with E-state index >= 15 is 0 Å². The summed E-state index contributed by atoms with van der Waals surface area (Å²) in [7, 11) is 0. The Balaban J connectivity index is 0.00000243. The minimum atomic E-state index is -0.127. The van der Waals surface area contributed by atoms with Crippen LogP contribution in [0.15, 0.2) is 48.7 Å². The molecule has 3 rings (SSSR count). The molecule has 2 aromatic carbocycles. The minimum absolute atomic E-state index is 0. The van der Waals surface area contributed by atoms with Gasteiger partial charge in [-0.05, 0) is 18.6 Å². The number of ketones is 1. The van der Waals surface area contributed by atoms with Gasteiger partial charge in [0.1, 0.15) is 0 Å². The molecule has 5 heteroatoms. The van der Waals surface area contributed by atoms with E-state index in [-0.39, 0.29) is 30.7 Å². The van der Waals surface area contributed by atoms with E-state index in [2.05, 4.69) is 10.3 Å². The van der Waals surface area contributed by atoms with E-state index in [1.54, 1.807) is 6.20 Å². The number of aryl methyl sites for hydroxylation is 1. The van der Waals surface area contributed by atoms with Crippen LogP contribution in [-0.4, -0.2) is 15.9 Å². The average molecular weight is 371 g/mol. The van der Waals surface area contributed by atoms with Crippen LogP contribution < -0.4 is 5.32 Å². The summed E-state index contributed by atoms with van der Waals surface area (Å²) in [6.07, 6.45) is 1.62. The van der Waals surface area contributed by atoms with Crippen LogP contribution in [0.4, 0.5) is 11.4 Å². The third-order valence-corrected chi connectivity index (χ3v) is 4.35. The van der Waals surface area contributed by atoms with Crippen LogP contribution in [0.5, 0.6) is 0 Å². The standard InChI is InChI=1S/C21H22N2O2.ClH/c1-13(2)21(25)17-11-22-19-15(12-24)8-6-9-16(19)20(17)23-18-10-5-4-7-14(18)3;/h4-11,13,24H,12H2,1-3H3,(H,22,23);1H. The average Bonchev–Trinajstić information content (AvgIpc) is 2.62. The van der Waals surface area contributed by atoms with Gasteiger partial charge in [-0.2, -0.15) is 0 Å². The second-order valence-electron chi connectivity index (χ2n) is 6.48. The molecule has 1 heterocycles.